The number of halogens is 1. The highest BCUT2D eigenvalue weighted by molar-refractivity contribution is 5.56. The minimum atomic E-state index is -0.702. The molecule has 0 saturated heterocycles. The lowest BCUT2D eigenvalue weighted by atomic mass is 10.1. The number of hydrogen-bond donors (Lipinski definition) is 1. The molecular weight excluding hydrogens is 255 g/mol. The smallest absolute Gasteiger partial charge is 0.146 e. The van der Waals surface area contributed by atoms with Crippen molar-refractivity contribution in [2.45, 2.75) is 26.5 Å². The number of hydrogen-bond acceptors (Lipinski definition) is 3. The average molecular weight is 274 g/mol. The molecule has 1 aromatic heterocycles. The van der Waals surface area contributed by atoms with Gasteiger partial charge in [-0.15, -0.1) is 0 Å². The Kier molecular flexibility index (Phi) is 4.69. The Morgan fingerprint density at radius 1 is 1.25 bits per heavy atom. The van der Waals surface area contributed by atoms with Gasteiger partial charge in [0.05, 0.1) is 11.8 Å². The van der Waals surface area contributed by atoms with Crippen LogP contribution in [0.4, 0.5) is 10.1 Å². The molecule has 0 fully saturated rings. The minimum Gasteiger partial charge on any atom is -0.389 e. The summed E-state index contributed by atoms with van der Waals surface area (Å²) in [6.07, 6.45) is 2.74. The van der Waals surface area contributed by atoms with Gasteiger partial charge in [0.2, 0.25) is 0 Å². The van der Waals surface area contributed by atoms with E-state index in [4.69, 9.17) is 0 Å². The normalized spacial score (nSPS) is 12.2. The standard InChI is InChI=1S/C16H19FN2O/c1-3-19(11-13-7-9-18-10-8-13)16-14(12(2)20)5-4-6-15(16)17/h4-10,12,20H,3,11H2,1-2H3. The zero-order valence-electron chi connectivity index (χ0n) is 11.8. The van der Waals surface area contributed by atoms with Crippen molar-refractivity contribution in [1.82, 2.24) is 4.98 Å². The molecule has 0 bridgehead atoms. The molecule has 0 spiro atoms. The lowest BCUT2D eigenvalue weighted by molar-refractivity contribution is 0.199. The van der Waals surface area contributed by atoms with Gasteiger partial charge in [-0.05, 0) is 37.6 Å². The highest BCUT2D eigenvalue weighted by atomic mass is 19.1. The van der Waals surface area contributed by atoms with Gasteiger partial charge in [-0.3, -0.25) is 4.98 Å². The average Bonchev–Trinajstić information content (AvgIpc) is 2.46. The van der Waals surface area contributed by atoms with E-state index in [1.807, 2.05) is 24.0 Å². The Hall–Kier alpha value is -1.94. The molecule has 0 radical (unpaired) electrons. The van der Waals surface area contributed by atoms with Crippen molar-refractivity contribution in [1.29, 1.82) is 0 Å². The molecule has 0 aliphatic heterocycles. The molecule has 1 aromatic carbocycles. The van der Waals surface area contributed by atoms with Crippen LogP contribution in [0.25, 0.3) is 0 Å². The van der Waals surface area contributed by atoms with Crippen LogP contribution >= 0.6 is 0 Å². The van der Waals surface area contributed by atoms with Gasteiger partial charge < -0.3 is 10.0 Å². The molecule has 106 valence electrons. The van der Waals surface area contributed by atoms with Gasteiger partial charge in [0, 0.05) is 31.0 Å². The van der Waals surface area contributed by atoms with Crippen molar-refractivity contribution < 1.29 is 9.50 Å². The molecule has 1 atom stereocenters. The molecule has 2 rings (SSSR count). The van der Waals surface area contributed by atoms with Crippen LogP contribution < -0.4 is 4.90 Å². The molecule has 20 heavy (non-hydrogen) atoms. The molecule has 0 aliphatic carbocycles. The number of anilines is 1. The molecule has 0 aliphatic rings. The van der Waals surface area contributed by atoms with Gasteiger partial charge in [-0.2, -0.15) is 0 Å². The summed E-state index contributed by atoms with van der Waals surface area (Å²) in [5.74, 6) is -0.306. The van der Waals surface area contributed by atoms with E-state index in [1.54, 1.807) is 31.5 Å². The van der Waals surface area contributed by atoms with Gasteiger partial charge >= 0.3 is 0 Å². The molecule has 1 unspecified atom stereocenters. The summed E-state index contributed by atoms with van der Waals surface area (Å²) >= 11 is 0. The predicted molar refractivity (Wildman–Crippen MR) is 78.0 cm³/mol. The van der Waals surface area contributed by atoms with Gasteiger partial charge in [0.1, 0.15) is 5.82 Å². The van der Waals surface area contributed by atoms with Crippen molar-refractivity contribution in [2.24, 2.45) is 0 Å². The number of aliphatic hydroxyl groups excluding tert-OH is 1. The fourth-order valence-electron chi connectivity index (χ4n) is 2.26. The van der Waals surface area contributed by atoms with Crippen LogP contribution in [0.15, 0.2) is 42.7 Å². The second kappa shape index (κ2) is 6.48. The van der Waals surface area contributed by atoms with Crippen LogP contribution in [0, 0.1) is 5.82 Å². The van der Waals surface area contributed by atoms with Crippen molar-refractivity contribution in [3.8, 4) is 0 Å². The lowest BCUT2D eigenvalue weighted by Gasteiger charge is -2.27. The number of aromatic nitrogens is 1. The van der Waals surface area contributed by atoms with Crippen molar-refractivity contribution in [2.75, 3.05) is 11.4 Å². The first-order valence-electron chi connectivity index (χ1n) is 6.73. The van der Waals surface area contributed by atoms with Crippen LogP contribution in [-0.2, 0) is 6.54 Å². The van der Waals surface area contributed by atoms with E-state index >= 15 is 0 Å². The zero-order chi connectivity index (χ0) is 14.5. The predicted octanol–water partition coefficient (Wildman–Crippen LogP) is 3.30. The highest BCUT2D eigenvalue weighted by Crippen LogP contribution is 2.30. The van der Waals surface area contributed by atoms with E-state index in [9.17, 15) is 9.50 Å². The van der Waals surface area contributed by atoms with Crippen molar-refractivity contribution >= 4 is 5.69 Å². The summed E-state index contributed by atoms with van der Waals surface area (Å²) in [6.45, 7) is 4.86. The molecule has 2 aromatic rings. The zero-order valence-corrected chi connectivity index (χ0v) is 11.8. The Labute approximate surface area is 118 Å². The third kappa shape index (κ3) is 3.14. The maximum absolute atomic E-state index is 14.2. The Morgan fingerprint density at radius 3 is 2.55 bits per heavy atom. The summed E-state index contributed by atoms with van der Waals surface area (Å²) in [5, 5.41) is 9.84. The van der Waals surface area contributed by atoms with E-state index in [-0.39, 0.29) is 5.82 Å². The van der Waals surface area contributed by atoms with Gasteiger partial charge in [0.15, 0.2) is 0 Å². The third-order valence-corrected chi connectivity index (χ3v) is 3.29. The number of aliphatic hydroxyl groups is 1. The minimum absolute atomic E-state index is 0.306. The first-order chi connectivity index (χ1) is 9.63. The van der Waals surface area contributed by atoms with Gasteiger partial charge in [-0.25, -0.2) is 4.39 Å². The van der Waals surface area contributed by atoms with Crippen molar-refractivity contribution in [3.05, 3.63) is 59.7 Å². The fourth-order valence-corrected chi connectivity index (χ4v) is 2.26. The number of para-hydroxylation sites is 1. The first-order valence-corrected chi connectivity index (χ1v) is 6.73. The quantitative estimate of drug-likeness (QED) is 0.908. The van der Waals surface area contributed by atoms with E-state index in [0.29, 0.717) is 24.3 Å². The van der Waals surface area contributed by atoms with E-state index < -0.39 is 6.10 Å². The molecule has 1 N–H and O–H groups in total. The SMILES string of the molecule is CCN(Cc1ccncc1)c1c(F)cccc1C(C)O. The van der Waals surface area contributed by atoms with Crippen LogP contribution in [0.5, 0.6) is 0 Å². The van der Waals surface area contributed by atoms with Crippen LogP contribution in [0.3, 0.4) is 0 Å². The summed E-state index contributed by atoms with van der Waals surface area (Å²) < 4.78 is 14.2. The molecular formula is C16H19FN2O. The van der Waals surface area contributed by atoms with E-state index in [0.717, 1.165) is 5.56 Å². The molecule has 1 heterocycles. The van der Waals surface area contributed by atoms with Crippen molar-refractivity contribution in [3.63, 3.8) is 0 Å². The number of benzene rings is 1. The molecule has 0 amide bonds. The van der Waals surface area contributed by atoms with Crippen LogP contribution in [-0.4, -0.2) is 16.6 Å². The van der Waals surface area contributed by atoms with Crippen LogP contribution in [0.1, 0.15) is 31.1 Å². The maximum Gasteiger partial charge on any atom is 0.146 e. The topological polar surface area (TPSA) is 36.4 Å². The van der Waals surface area contributed by atoms with Gasteiger partial charge in [0.25, 0.3) is 0 Å². The highest BCUT2D eigenvalue weighted by Gasteiger charge is 2.17. The molecule has 4 heteroatoms. The van der Waals surface area contributed by atoms with Gasteiger partial charge in [-0.1, -0.05) is 12.1 Å². The second-order valence-corrected chi connectivity index (χ2v) is 4.72. The second-order valence-electron chi connectivity index (χ2n) is 4.72. The summed E-state index contributed by atoms with van der Waals surface area (Å²) in [4.78, 5) is 5.91. The first kappa shape index (κ1) is 14.5. The number of rotatable bonds is 5. The maximum atomic E-state index is 14.2. The Bertz CT molecular complexity index is 558. The third-order valence-electron chi connectivity index (χ3n) is 3.29. The summed E-state index contributed by atoms with van der Waals surface area (Å²) in [7, 11) is 0. The fraction of sp³-hybridized carbons (Fsp3) is 0.312. The lowest BCUT2D eigenvalue weighted by Crippen LogP contribution is -2.25. The Morgan fingerprint density at radius 2 is 1.95 bits per heavy atom. The molecule has 3 nitrogen and oxygen atoms in total. The van der Waals surface area contributed by atoms with E-state index in [1.165, 1.54) is 6.07 Å². The number of pyridine rings is 1. The Balaban J connectivity index is 2.37. The monoisotopic (exact) mass is 274 g/mol. The van der Waals surface area contributed by atoms with E-state index in [2.05, 4.69) is 4.98 Å². The van der Waals surface area contributed by atoms with Crippen LogP contribution in [0.2, 0.25) is 0 Å². The number of nitrogens with zero attached hydrogens (tertiary/aromatic N) is 2. The molecule has 0 saturated carbocycles. The largest absolute Gasteiger partial charge is 0.389 e. The summed E-state index contributed by atoms with van der Waals surface area (Å²) in [5.41, 5.74) is 2.14. The summed E-state index contributed by atoms with van der Waals surface area (Å²) in [6, 6.07) is 8.63.